The molecule has 0 bridgehead atoms. The van der Waals surface area contributed by atoms with Gasteiger partial charge in [0, 0.05) is 47.3 Å². The number of rotatable bonds is 10. The number of aromatic amines is 1. The largest absolute Gasteiger partial charge is 0.481 e. The van der Waals surface area contributed by atoms with Crippen molar-refractivity contribution in [3.05, 3.63) is 72.1 Å². The predicted molar refractivity (Wildman–Crippen MR) is 181 cm³/mol. The third-order valence-electron chi connectivity index (χ3n) is 8.47. The van der Waals surface area contributed by atoms with Gasteiger partial charge in [-0.2, -0.15) is 5.10 Å². The number of pyridine rings is 1. The van der Waals surface area contributed by atoms with Crippen LogP contribution in [0.3, 0.4) is 0 Å². The Morgan fingerprint density at radius 3 is 2.43 bits per heavy atom. The first-order valence-corrected chi connectivity index (χ1v) is 16.1. The normalized spacial score (nSPS) is 17.0. The van der Waals surface area contributed by atoms with Gasteiger partial charge in [0.05, 0.1) is 18.8 Å². The molecule has 1 saturated carbocycles. The molecule has 0 radical (unpaired) electrons. The molecular formula is C36H44N6O5. The molecule has 0 spiro atoms. The molecule has 0 unspecified atom stereocenters. The molecule has 1 fully saturated rings. The second kappa shape index (κ2) is 14.7. The Labute approximate surface area is 275 Å². The van der Waals surface area contributed by atoms with Crippen LogP contribution in [0.1, 0.15) is 57.7 Å². The maximum atomic E-state index is 13.7. The fraction of sp³-hybridized carbons (Fsp3) is 0.417. The van der Waals surface area contributed by atoms with Crippen molar-refractivity contribution in [2.24, 2.45) is 11.8 Å². The Balaban J connectivity index is 1.24. The van der Waals surface area contributed by atoms with Crippen LogP contribution in [0.5, 0.6) is 5.88 Å². The third kappa shape index (κ3) is 9.08. The summed E-state index contributed by atoms with van der Waals surface area (Å²) in [5.41, 5.74) is 4.62. The number of carbonyl (C=O) groups excluding carboxylic acids is 3. The summed E-state index contributed by atoms with van der Waals surface area (Å²) >= 11 is 0. The zero-order valence-corrected chi connectivity index (χ0v) is 27.7. The lowest BCUT2D eigenvalue weighted by Gasteiger charge is -2.29. The monoisotopic (exact) mass is 640 g/mol. The van der Waals surface area contributed by atoms with Crippen LogP contribution in [0.2, 0.25) is 0 Å². The van der Waals surface area contributed by atoms with Gasteiger partial charge in [0.15, 0.2) is 0 Å². The van der Waals surface area contributed by atoms with E-state index >= 15 is 0 Å². The molecule has 1 aliphatic rings. The number of H-pyrrole nitrogens is 1. The van der Waals surface area contributed by atoms with Crippen LogP contribution in [-0.4, -0.2) is 58.4 Å². The Morgan fingerprint density at radius 2 is 1.74 bits per heavy atom. The fourth-order valence-electron chi connectivity index (χ4n) is 5.93. The highest BCUT2D eigenvalue weighted by Gasteiger charge is 2.30. The highest BCUT2D eigenvalue weighted by Crippen LogP contribution is 2.29. The van der Waals surface area contributed by atoms with Gasteiger partial charge in [-0.1, -0.05) is 24.3 Å². The average molecular weight is 641 g/mol. The molecular weight excluding hydrogens is 596 g/mol. The number of nitrogens with one attached hydrogen (secondary N) is 4. The molecule has 11 heteroatoms. The molecule has 5 rings (SSSR count). The first kappa shape index (κ1) is 33.4. The number of hydrogen-bond acceptors (Lipinski definition) is 7. The van der Waals surface area contributed by atoms with E-state index in [-0.39, 0.29) is 23.7 Å². The van der Waals surface area contributed by atoms with Crippen molar-refractivity contribution in [2.75, 3.05) is 19.0 Å². The number of anilines is 1. The first-order valence-electron chi connectivity index (χ1n) is 16.1. The molecule has 248 valence electrons. The number of nitrogens with zero attached hydrogens (tertiary/aromatic N) is 2. The van der Waals surface area contributed by atoms with Gasteiger partial charge in [-0.05, 0) is 94.7 Å². The lowest BCUT2D eigenvalue weighted by Crippen LogP contribution is -2.48. The van der Waals surface area contributed by atoms with Crippen molar-refractivity contribution in [3.63, 3.8) is 0 Å². The van der Waals surface area contributed by atoms with E-state index in [1.165, 1.54) is 0 Å². The van der Waals surface area contributed by atoms with Crippen LogP contribution < -0.4 is 20.7 Å². The minimum atomic E-state index is -0.790. The predicted octanol–water partition coefficient (Wildman–Crippen LogP) is 5.94. The SMILES string of the molecule is COc1ccc(-c2ccc(C[C@H](NC(=O)C3CCC(CNC(=O)OC(C)(C)C)CC3)C(=O)Nc3ccc4cn[nH]c4c3)cc2)c(C)n1. The Kier molecular flexibility index (Phi) is 10.4. The number of amides is 3. The summed E-state index contributed by atoms with van der Waals surface area (Å²) in [4.78, 5) is 43.8. The number of aryl methyl sites for hydroxylation is 1. The molecule has 4 N–H and O–H groups in total. The Hall–Kier alpha value is -4.93. The average Bonchev–Trinajstić information content (AvgIpc) is 3.51. The number of fused-ring (bicyclic) bond motifs is 1. The molecule has 2 aromatic heterocycles. The van der Waals surface area contributed by atoms with Gasteiger partial charge in [-0.3, -0.25) is 14.7 Å². The van der Waals surface area contributed by atoms with Crippen LogP contribution in [0.15, 0.2) is 60.8 Å². The van der Waals surface area contributed by atoms with Crippen molar-refractivity contribution >= 4 is 34.5 Å². The van der Waals surface area contributed by atoms with Crippen molar-refractivity contribution in [1.82, 2.24) is 25.8 Å². The zero-order valence-electron chi connectivity index (χ0n) is 27.7. The van der Waals surface area contributed by atoms with Gasteiger partial charge in [0.1, 0.15) is 11.6 Å². The standard InChI is InChI=1S/C36H44N6O5/c1-22-29(16-17-32(39-22)46-5)25-10-6-23(7-11-25)18-31(34(44)40-28-15-14-27-21-38-42-30(27)19-28)41-33(43)26-12-8-24(9-13-26)20-37-35(45)47-36(2,3)4/h6-7,10-11,14-17,19,21,24,26,31H,8-9,12-13,18,20H2,1-5H3,(H,37,45)(H,38,42)(H,40,44)(H,41,43)/t24?,26?,31-/m0/s1. The van der Waals surface area contributed by atoms with E-state index in [2.05, 4.69) is 31.1 Å². The van der Waals surface area contributed by atoms with Gasteiger partial charge in [-0.15, -0.1) is 0 Å². The summed E-state index contributed by atoms with van der Waals surface area (Å²) in [7, 11) is 1.59. The molecule has 0 saturated heterocycles. The summed E-state index contributed by atoms with van der Waals surface area (Å²) in [6.45, 7) is 7.94. The van der Waals surface area contributed by atoms with Gasteiger partial charge in [-0.25, -0.2) is 9.78 Å². The summed E-state index contributed by atoms with van der Waals surface area (Å²) in [6.07, 6.45) is 4.58. The van der Waals surface area contributed by atoms with Crippen molar-refractivity contribution in [2.45, 2.75) is 71.4 Å². The molecule has 2 heterocycles. The van der Waals surface area contributed by atoms with E-state index < -0.39 is 17.7 Å². The number of benzene rings is 2. The van der Waals surface area contributed by atoms with Crippen molar-refractivity contribution < 1.29 is 23.9 Å². The highest BCUT2D eigenvalue weighted by atomic mass is 16.6. The molecule has 3 amide bonds. The number of hydrogen-bond donors (Lipinski definition) is 4. The van der Waals surface area contributed by atoms with Gasteiger partial charge < -0.3 is 25.4 Å². The summed E-state index contributed by atoms with van der Waals surface area (Å²) in [6, 6.07) is 16.5. The third-order valence-corrected chi connectivity index (χ3v) is 8.47. The summed E-state index contributed by atoms with van der Waals surface area (Å²) in [5, 5.41) is 16.8. The number of ether oxygens (including phenoxy) is 2. The molecule has 47 heavy (non-hydrogen) atoms. The Morgan fingerprint density at radius 1 is 1.00 bits per heavy atom. The molecule has 4 aromatic rings. The van der Waals surface area contributed by atoms with E-state index in [9.17, 15) is 14.4 Å². The quantitative estimate of drug-likeness (QED) is 0.168. The summed E-state index contributed by atoms with van der Waals surface area (Å²) in [5.74, 6) is 0.185. The van der Waals surface area contributed by atoms with Crippen molar-refractivity contribution in [3.8, 4) is 17.0 Å². The van der Waals surface area contributed by atoms with Crippen LogP contribution >= 0.6 is 0 Å². The molecule has 1 atom stereocenters. The fourth-order valence-corrected chi connectivity index (χ4v) is 5.93. The maximum absolute atomic E-state index is 13.7. The molecule has 1 aliphatic carbocycles. The zero-order chi connectivity index (χ0) is 33.6. The van der Waals surface area contributed by atoms with E-state index in [4.69, 9.17) is 9.47 Å². The lowest BCUT2D eigenvalue weighted by molar-refractivity contribution is -0.130. The van der Waals surface area contributed by atoms with Crippen LogP contribution in [-0.2, 0) is 20.7 Å². The van der Waals surface area contributed by atoms with Crippen LogP contribution in [0.25, 0.3) is 22.0 Å². The van der Waals surface area contributed by atoms with Gasteiger partial charge in [0.25, 0.3) is 0 Å². The number of carbonyl (C=O) groups is 3. The van der Waals surface area contributed by atoms with E-state index in [0.717, 1.165) is 46.1 Å². The molecule has 11 nitrogen and oxygen atoms in total. The molecule has 2 aromatic carbocycles. The van der Waals surface area contributed by atoms with Gasteiger partial charge in [0.2, 0.25) is 17.7 Å². The second-order valence-corrected chi connectivity index (χ2v) is 13.2. The second-order valence-electron chi connectivity index (χ2n) is 13.2. The number of methoxy groups -OCH3 is 1. The van der Waals surface area contributed by atoms with E-state index in [1.807, 2.05) is 82.3 Å². The lowest BCUT2D eigenvalue weighted by atomic mass is 9.81. The van der Waals surface area contributed by atoms with Crippen LogP contribution in [0, 0.1) is 18.8 Å². The smallest absolute Gasteiger partial charge is 0.407 e. The number of alkyl carbamates (subject to hydrolysis) is 1. The topological polar surface area (TPSA) is 147 Å². The van der Waals surface area contributed by atoms with E-state index in [1.54, 1.807) is 13.3 Å². The summed E-state index contributed by atoms with van der Waals surface area (Å²) < 4.78 is 10.6. The minimum Gasteiger partial charge on any atom is -0.481 e. The minimum absolute atomic E-state index is 0.135. The first-order chi connectivity index (χ1) is 22.5. The number of aromatic nitrogens is 3. The van der Waals surface area contributed by atoms with Crippen LogP contribution in [0.4, 0.5) is 10.5 Å². The van der Waals surface area contributed by atoms with Gasteiger partial charge >= 0.3 is 6.09 Å². The highest BCUT2D eigenvalue weighted by molar-refractivity contribution is 5.99. The van der Waals surface area contributed by atoms with Crippen molar-refractivity contribution in [1.29, 1.82) is 0 Å². The maximum Gasteiger partial charge on any atom is 0.407 e. The molecule has 0 aliphatic heterocycles. The Bertz CT molecular complexity index is 1700. The van der Waals surface area contributed by atoms with E-state index in [0.29, 0.717) is 37.4 Å².